The molecule has 0 amide bonds. The molecule has 7 nitrogen and oxygen atoms in total. The summed E-state index contributed by atoms with van der Waals surface area (Å²) in [4.78, 5) is 2.64. The van der Waals surface area contributed by atoms with Crippen molar-refractivity contribution in [1.82, 2.24) is 4.90 Å². The van der Waals surface area contributed by atoms with E-state index in [4.69, 9.17) is 23.7 Å². The maximum Gasteiger partial charge on any atom is 0.148 e. The molecule has 2 heterocycles. The summed E-state index contributed by atoms with van der Waals surface area (Å²) in [6, 6.07) is 0.0916. The molecular formula is C25H39NO6. The summed E-state index contributed by atoms with van der Waals surface area (Å²) in [5, 5.41) is 12.4. The standard InChI is InChI=1S/C25H39NO6/c1-6-26-11-22(2)8-7-16(29-4)24-14-9-13-15(28-3)10-23(17(14)18(13)30-5)25(21(24)26,32-12-31-23)20(27)19(22)24/h13-21,27H,6-12H2,1-5H3. The molecule has 5 saturated carbocycles. The number of aliphatic hydroxyl groups is 1. The number of likely N-dealkylation sites (N-methyl/N-ethyl adjacent to an activating group) is 1. The Balaban J connectivity index is 1.56. The average molecular weight is 450 g/mol. The van der Waals surface area contributed by atoms with Gasteiger partial charge in [0.1, 0.15) is 18.0 Å². The number of ether oxygens (including phenoxy) is 5. The van der Waals surface area contributed by atoms with Crippen molar-refractivity contribution in [3.05, 3.63) is 0 Å². The first-order valence-corrected chi connectivity index (χ1v) is 12.7. The van der Waals surface area contributed by atoms with Gasteiger partial charge in [0.15, 0.2) is 0 Å². The molecule has 0 aromatic carbocycles. The summed E-state index contributed by atoms with van der Waals surface area (Å²) in [7, 11) is 5.54. The van der Waals surface area contributed by atoms with Gasteiger partial charge in [0.25, 0.3) is 0 Å². The first-order chi connectivity index (χ1) is 15.4. The molecule has 0 radical (unpaired) electrons. The first kappa shape index (κ1) is 21.0. The Labute approximate surface area is 191 Å². The highest BCUT2D eigenvalue weighted by Gasteiger charge is 2.93. The zero-order chi connectivity index (χ0) is 22.3. The smallest absolute Gasteiger partial charge is 0.148 e. The number of hydrogen-bond acceptors (Lipinski definition) is 7. The number of hydrogen-bond donors (Lipinski definition) is 1. The van der Waals surface area contributed by atoms with Crippen LogP contribution < -0.4 is 0 Å². The molecule has 7 rings (SSSR count). The van der Waals surface area contributed by atoms with Gasteiger partial charge in [-0.15, -0.1) is 0 Å². The summed E-state index contributed by atoms with van der Waals surface area (Å²) in [5.41, 5.74) is -1.48. The van der Waals surface area contributed by atoms with Crippen LogP contribution in [0.4, 0.5) is 0 Å². The predicted molar refractivity (Wildman–Crippen MR) is 115 cm³/mol. The lowest BCUT2D eigenvalue weighted by molar-refractivity contribution is -0.282. The van der Waals surface area contributed by atoms with Crippen molar-refractivity contribution in [2.24, 2.45) is 34.5 Å². The molecule has 7 bridgehead atoms. The van der Waals surface area contributed by atoms with Crippen LogP contribution in [0.1, 0.15) is 39.5 Å². The van der Waals surface area contributed by atoms with Crippen LogP contribution >= 0.6 is 0 Å². The molecule has 7 aliphatic rings. The molecule has 180 valence electrons. The zero-order valence-corrected chi connectivity index (χ0v) is 20.1. The molecule has 13 unspecified atom stereocenters. The fraction of sp³-hybridized carbons (Fsp3) is 1.00. The van der Waals surface area contributed by atoms with Crippen LogP contribution in [0, 0.1) is 34.5 Å². The molecule has 7 fully saturated rings. The van der Waals surface area contributed by atoms with E-state index in [2.05, 4.69) is 18.7 Å². The Morgan fingerprint density at radius 3 is 2.62 bits per heavy atom. The molecule has 13 atom stereocenters. The lowest BCUT2D eigenvalue weighted by Gasteiger charge is -2.69. The van der Waals surface area contributed by atoms with E-state index in [1.807, 2.05) is 21.3 Å². The quantitative estimate of drug-likeness (QED) is 0.700. The van der Waals surface area contributed by atoms with Crippen molar-refractivity contribution in [1.29, 1.82) is 0 Å². The van der Waals surface area contributed by atoms with Crippen molar-refractivity contribution < 1.29 is 28.8 Å². The van der Waals surface area contributed by atoms with Crippen LogP contribution in [0.2, 0.25) is 0 Å². The third-order valence-corrected chi connectivity index (χ3v) is 11.8. The first-order valence-electron chi connectivity index (χ1n) is 12.7. The molecule has 3 spiro atoms. The summed E-state index contributed by atoms with van der Waals surface area (Å²) < 4.78 is 32.2. The number of rotatable bonds is 4. The highest BCUT2D eigenvalue weighted by molar-refractivity contribution is 5.42. The Morgan fingerprint density at radius 2 is 1.94 bits per heavy atom. The minimum absolute atomic E-state index is 0.0392. The van der Waals surface area contributed by atoms with E-state index in [9.17, 15) is 5.11 Å². The summed E-state index contributed by atoms with van der Waals surface area (Å²) in [6.07, 6.45) is 3.60. The SMILES string of the molecule is CCN1CC2(C)CCC(OC)C34C5CC6C(OC)CC7(OCOC7(C(O)C23)C14)C5C6OC. The predicted octanol–water partition coefficient (Wildman–Crippen LogP) is 1.66. The normalized spacial score (nSPS) is 64.1. The number of nitrogens with zero attached hydrogens (tertiary/aromatic N) is 1. The number of fused-ring (bicyclic) bond motifs is 1. The van der Waals surface area contributed by atoms with Gasteiger partial charge in [-0.2, -0.15) is 0 Å². The number of aliphatic hydroxyl groups excluding tert-OH is 1. The summed E-state index contributed by atoms with van der Waals surface area (Å²) in [5.74, 6) is 1.05. The largest absolute Gasteiger partial charge is 0.390 e. The van der Waals surface area contributed by atoms with Gasteiger partial charge in [0.2, 0.25) is 0 Å². The summed E-state index contributed by atoms with van der Waals surface area (Å²) >= 11 is 0. The van der Waals surface area contributed by atoms with Gasteiger partial charge in [0, 0.05) is 57.5 Å². The highest BCUT2D eigenvalue weighted by Crippen LogP contribution is 2.82. The van der Waals surface area contributed by atoms with E-state index in [-0.39, 0.29) is 53.8 Å². The van der Waals surface area contributed by atoms with Crippen LogP contribution in [0.15, 0.2) is 0 Å². The Morgan fingerprint density at radius 1 is 1.12 bits per heavy atom. The maximum absolute atomic E-state index is 12.4. The van der Waals surface area contributed by atoms with Crippen molar-refractivity contribution in [2.75, 3.05) is 41.2 Å². The third kappa shape index (κ3) is 1.80. The number of methoxy groups -OCH3 is 3. The van der Waals surface area contributed by atoms with Gasteiger partial charge < -0.3 is 28.8 Å². The monoisotopic (exact) mass is 449 g/mol. The van der Waals surface area contributed by atoms with Crippen LogP contribution in [0.5, 0.6) is 0 Å². The second-order valence-electron chi connectivity index (χ2n) is 12.1. The lowest BCUT2D eigenvalue weighted by atomic mass is 9.43. The molecule has 2 saturated heterocycles. The van der Waals surface area contributed by atoms with Gasteiger partial charge in [-0.1, -0.05) is 13.8 Å². The Bertz CT molecular complexity index is 826. The van der Waals surface area contributed by atoms with Crippen LogP contribution in [-0.4, -0.2) is 92.9 Å². The number of likely N-dealkylation sites (tertiary alicyclic amines) is 1. The molecule has 1 N–H and O–H groups in total. The molecule has 7 heteroatoms. The fourth-order valence-electron chi connectivity index (χ4n) is 11.5. The second-order valence-corrected chi connectivity index (χ2v) is 12.1. The Hall–Kier alpha value is -0.280. The van der Waals surface area contributed by atoms with E-state index in [0.29, 0.717) is 11.8 Å². The van der Waals surface area contributed by atoms with E-state index in [1.165, 1.54) is 0 Å². The van der Waals surface area contributed by atoms with Crippen molar-refractivity contribution in [3.63, 3.8) is 0 Å². The molecule has 2 aliphatic heterocycles. The molecule has 5 aliphatic carbocycles. The van der Waals surface area contributed by atoms with Gasteiger partial charge in [0.05, 0.1) is 30.5 Å². The van der Waals surface area contributed by atoms with Crippen LogP contribution in [-0.2, 0) is 23.7 Å². The van der Waals surface area contributed by atoms with Crippen molar-refractivity contribution in [3.8, 4) is 0 Å². The van der Waals surface area contributed by atoms with Gasteiger partial charge >= 0.3 is 0 Å². The fourth-order valence-corrected chi connectivity index (χ4v) is 11.5. The average Bonchev–Trinajstić information content (AvgIpc) is 3.37. The van der Waals surface area contributed by atoms with Gasteiger partial charge in [-0.3, -0.25) is 4.90 Å². The maximum atomic E-state index is 12.4. The summed E-state index contributed by atoms with van der Waals surface area (Å²) in [6.45, 7) is 6.87. The Kier molecular flexibility index (Phi) is 4.13. The molecule has 0 aromatic heterocycles. The van der Waals surface area contributed by atoms with E-state index >= 15 is 0 Å². The van der Waals surface area contributed by atoms with Crippen LogP contribution in [0.25, 0.3) is 0 Å². The van der Waals surface area contributed by atoms with Gasteiger partial charge in [-0.05, 0) is 37.1 Å². The minimum Gasteiger partial charge on any atom is -0.390 e. The van der Waals surface area contributed by atoms with Crippen LogP contribution in [0.3, 0.4) is 0 Å². The topological polar surface area (TPSA) is 69.6 Å². The zero-order valence-electron chi connectivity index (χ0n) is 20.1. The molecule has 32 heavy (non-hydrogen) atoms. The third-order valence-electron chi connectivity index (χ3n) is 11.8. The molecule has 0 aromatic rings. The van der Waals surface area contributed by atoms with E-state index in [1.54, 1.807) is 0 Å². The molecular weight excluding hydrogens is 410 g/mol. The van der Waals surface area contributed by atoms with Crippen molar-refractivity contribution >= 4 is 0 Å². The minimum atomic E-state index is -0.767. The van der Waals surface area contributed by atoms with Gasteiger partial charge in [-0.25, -0.2) is 0 Å². The van der Waals surface area contributed by atoms with E-state index in [0.717, 1.165) is 38.8 Å². The van der Waals surface area contributed by atoms with E-state index < -0.39 is 17.3 Å². The highest BCUT2D eigenvalue weighted by atomic mass is 16.7. The lowest BCUT2D eigenvalue weighted by Crippen LogP contribution is -2.80. The second kappa shape index (κ2) is 6.28. The van der Waals surface area contributed by atoms with Crippen molar-refractivity contribution in [2.45, 2.75) is 81.2 Å². The number of piperidine rings is 1.